The van der Waals surface area contributed by atoms with Gasteiger partial charge in [-0.2, -0.15) is 0 Å². The Morgan fingerprint density at radius 1 is 1.53 bits per heavy atom. The summed E-state index contributed by atoms with van der Waals surface area (Å²) in [5.74, 6) is -0.289. The predicted molar refractivity (Wildman–Crippen MR) is 73.4 cm³/mol. The maximum absolute atomic E-state index is 11.8. The molecule has 0 atom stereocenters. The zero-order chi connectivity index (χ0) is 13.8. The highest BCUT2D eigenvalue weighted by Crippen LogP contribution is 2.13. The molecule has 7 heteroatoms. The lowest BCUT2D eigenvalue weighted by molar-refractivity contribution is -0.116. The fourth-order valence-electron chi connectivity index (χ4n) is 1.50. The van der Waals surface area contributed by atoms with E-state index >= 15 is 0 Å². The molecule has 2 heterocycles. The molecule has 0 bridgehead atoms. The van der Waals surface area contributed by atoms with Crippen LogP contribution in [0.1, 0.15) is 18.3 Å². The molecule has 0 saturated heterocycles. The first-order valence-electron chi connectivity index (χ1n) is 5.86. The second kappa shape index (κ2) is 5.75. The summed E-state index contributed by atoms with van der Waals surface area (Å²) in [7, 11) is 0. The average molecular weight is 278 g/mol. The fourth-order valence-corrected chi connectivity index (χ4v) is 2.20. The van der Waals surface area contributed by atoms with E-state index in [-0.39, 0.29) is 18.0 Å². The molecule has 0 aliphatic carbocycles. The number of rotatable bonds is 4. The molecule has 1 amide bonds. The highest BCUT2D eigenvalue weighted by Gasteiger charge is 2.07. The summed E-state index contributed by atoms with van der Waals surface area (Å²) in [6.07, 6.45) is 2.09. The van der Waals surface area contributed by atoms with E-state index in [1.807, 2.05) is 19.2 Å². The quantitative estimate of drug-likeness (QED) is 0.912. The zero-order valence-corrected chi connectivity index (χ0v) is 11.5. The number of hydrogen-bond acceptors (Lipinski definition) is 5. The van der Waals surface area contributed by atoms with Gasteiger partial charge >= 0.3 is 0 Å². The molecule has 0 radical (unpaired) electrons. The minimum atomic E-state index is -0.289. The van der Waals surface area contributed by atoms with Gasteiger partial charge in [0.05, 0.1) is 12.0 Å². The molecule has 0 spiro atoms. The summed E-state index contributed by atoms with van der Waals surface area (Å²) in [6.45, 7) is 3.71. The third kappa shape index (κ3) is 3.47. The first-order valence-corrected chi connectivity index (χ1v) is 6.74. The molecule has 0 aliphatic rings. The Morgan fingerprint density at radius 3 is 2.89 bits per heavy atom. The Balaban J connectivity index is 2.05. The van der Waals surface area contributed by atoms with Gasteiger partial charge in [-0.3, -0.25) is 14.2 Å². The number of nitrogens with zero attached hydrogens (tertiary/aromatic N) is 3. The van der Waals surface area contributed by atoms with Crippen LogP contribution < -0.4 is 10.9 Å². The van der Waals surface area contributed by atoms with Gasteiger partial charge in [-0.05, 0) is 13.3 Å². The van der Waals surface area contributed by atoms with Crippen molar-refractivity contribution in [3.8, 4) is 0 Å². The van der Waals surface area contributed by atoms with Crippen LogP contribution in [-0.4, -0.2) is 20.4 Å². The lowest BCUT2D eigenvalue weighted by Gasteiger charge is -2.05. The molecule has 2 aromatic rings. The second-order valence-electron chi connectivity index (χ2n) is 4.04. The normalized spacial score (nSPS) is 10.4. The predicted octanol–water partition coefficient (Wildman–Crippen LogP) is 1.21. The van der Waals surface area contributed by atoms with Crippen molar-refractivity contribution in [3.63, 3.8) is 0 Å². The van der Waals surface area contributed by atoms with Gasteiger partial charge in [0.2, 0.25) is 5.91 Å². The van der Waals surface area contributed by atoms with Gasteiger partial charge in [-0.1, -0.05) is 6.92 Å². The smallest absolute Gasteiger partial charge is 0.253 e. The van der Waals surface area contributed by atoms with E-state index in [4.69, 9.17) is 0 Å². The van der Waals surface area contributed by atoms with Crippen LogP contribution in [0.3, 0.4) is 0 Å². The van der Waals surface area contributed by atoms with Gasteiger partial charge < -0.3 is 5.32 Å². The summed E-state index contributed by atoms with van der Waals surface area (Å²) >= 11 is 1.35. The van der Waals surface area contributed by atoms with Crippen LogP contribution in [0.5, 0.6) is 0 Å². The van der Waals surface area contributed by atoms with Gasteiger partial charge in [0.25, 0.3) is 5.56 Å². The highest BCUT2D eigenvalue weighted by atomic mass is 32.1. The van der Waals surface area contributed by atoms with Crippen molar-refractivity contribution in [3.05, 3.63) is 39.5 Å². The van der Waals surface area contributed by atoms with Crippen molar-refractivity contribution in [1.82, 2.24) is 14.5 Å². The van der Waals surface area contributed by atoms with Crippen molar-refractivity contribution in [1.29, 1.82) is 0 Å². The molecular formula is C12H14N4O2S. The highest BCUT2D eigenvalue weighted by molar-refractivity contribution is 7.13. The summed E-state index contributed by atoms with van der Waals surface area (Å²) in [4.78, 5) is 31.7. The maximum atomic E-state index is 11.8. The molecule has 2 rings (SSSR count). The number of anilines is 1. The third-order valence-electron chi connectivity index (χ3n) is 2.48. The molecule has 19 heavy (non-hydrogen) atoms. The minimum absolute atomic E-state index is 0.0611. The largest absolute Gasteiger partial charge is 0.300 e. The number of nitrogens with one attached hydrogen (secondary N) is 1. The van der Waals surface area contributed by atoms with Crippen molar-refractivity contribution in [2.24, 2.45) is 0 Å². The van der Waals surface area contributed by atoms with Crippen LogP contribution in [0, 0.1) is 6.92 Å². The molecule has 0 aromatic carbocycles. The Hall–Kier alpha value is -2.02. The van der Waals surface area contributed by atoms with Crippen LogP contribution in [-0.2, 0) is 17.8 Å². The second-order valence-corrected chi connectivity index (χ2v) is 4.90. The van der Waals surface area contributed by atoms with E-state index in [0.717, 1.165) is 11.4 Å². The average Bonchev–Trinajstić information content (AvgIpc) is 2.77. The lowest BCUT2D eigenvalue weighted by atomic mass is 10.3. The van der Waals surface area contributed by atoms with E-state index in [1.54, 1.807) is 0 Å². The molecule has 6 nitrogen and oxygen atoms in total. The minimum Gasteiger partial charge on any atom is -0.300 e. The number of aryl methyl sites for hydroxylation is 2. The van der Waals surface area contributed by atoms with Gasteiger partial charge in [-0.15, -0.1) is 11.3 Å². The molecule has 0 aliphatic heterocycles. The number of carbonyl (C=O) groups is 1. The van der Waals surface area contributed by atoms with Gasteiger partial charge in [-0.25, -0.2) is 9.97 Å². The van der Waals surface area contributed by atoms with Crippen molar-refractivity contribution < 1.29 is 4.79 Å². The number of amides is 1. The van der Waals surface area contributed by atoms with E-state index < -0.39 is 0 Å². The molecule has 2 aromatic heterocycles. The number of carbonyl (C=O) groups excluding carboxylic acids is 1. The van der Waals surface area contributed by atoms with Crippen LogP contribution in [0.4, 0.5) is 5.13 Å². The van der Waals surface area contributed by atoms with E-state index in [9.17, 15) is 9.59 Å². The molecule has 0 saturated carbocycles. The first kappa shape index (κ1) is 13.4. The van der Waals surface area contributed by atoms with Gasteiger partial charge in [0.15, 0.2) is 5.13 Å². The Morgan fingerprint density at radius 2 is 2.32 bits per heavy atom. The third-order valence-corrected chi connectivity index (χ3v) is 3.35. The molecule has 100 valence electrons. The number of thiazole rings is 1. The lowest BCUT2D eigenvalue weighted by Crippen LogP contribution is -2.27. The standard InChI is InChI=1S/C12H14N4O2S/c1-3-9-4-11(18)16(7-13-9)5-10(17)15-12-14-8(2)6-19-12/h4,6-7H,3,5H2,1-2H3,(H,14,15,17). The van der Waals surface area contributed by atoms with Crippen LogP contribution >= 0.6 is 11.3 Å². The first-order chi connectivity index (χ1) is 9.08. The Kier molecular flexibility index (Phi) is 4.06. The summed E-state index contributed by atoms with van der Waals surface area (Å²) in [6, 6.07) is 1.45. The Bertz CT molecular complexity index is 647. The molecular weight excluding hydrogens is 264 g/mol. The van der Waals surface area contributed by atoms with E-state index in [0.29, 0.717) is 11.6 Å². The van der Waals surface area contributed by atoms with E-state index in [1.165, 1.54) is 28.3 Å². The van der Waals surface area contributed by atoms with Crippen LogP contribution in [0.25, 0.3) is 0 Å². The molecule has 0 fully saturated rings. The van der Waals surface area contributed by atoms with E-state index in [2.05, 4.69) is 15.3 Å². The van der Waals surface area contributed by atoms with Crippen molar-refractivity contribution in [2.45, 2.75) is 26.8 Å². The van der Waals surface area contributed by atoms with Gasteiger partial charge in [0, 0.05) is 17.1 Å². The Labute approximate surface area is 114 Å². The summed E-state index contributed by atoms with van der Waals surface area (Å²) in [5, 5.41) is 5.03. The van der Waals surface area contributed by atoms with Crippen molar-refractivity contribution >= 4 is 22.4 Å². The molecule has 0 unspecified atom stereocenters. The number of aromatic nitrogens is 3. The zero-order valence-electron chi connectivity index (χ0n) is 10.7. The topological polar surface area (TPSA) is 76.9 Å². The van der Waals surface area contributed by atoms with Crippen LogP contribution in [0.2, 0.25) is 0 Å². The summed E-state index contributed by atoms with van der Waals surface area (Å²) < 4.78 is 1.27. The van der Waals surface area contributed by atoms with Gasteiger partial charge in [0.1, 0.15) is 6.54 Å². The van der Waals surface area contributed by atoms with Crippen LogP contribution in [0.15, 0.2) is 22.6 Å². The fraction of sp³-hybridized carbons (Fsp3) is 0.333. The number of hydrogen-bond donors (Lipinski definition) is 1. The van der Waals surface area contributed by atoms with Crippen molar-refractivity contribution in [2.75, 3.05) is 5.32 Å². The summed E-state index contributed by atoms with van der Waals surface area (Å²) in [5.41, 5.74) is 1.35. The monoisotopic (exact) mass is 278 g/mol. The SMILES string of the molecule is CCc1cc(=O)n(CC(=O)Nc2nc(C)cs2)cn1. The maximum Gasteiger partial charge on any atom is 0.253 e. The molecule has 1 N–H and O–H groups in total.